The largest absolute Gasteiger partial charge is 0 e. The summed E-state index contributed by atoms with van der Waals surface area (Å²) in [6, 6.07) is 0. The molecule has 0 bridgehead atoms. The SMILES string of the molecule is [O]=[BiH].[Sm].[Zr]. The maximum Gasteiger partial charge on any atom is 0 e. The number of hydrogen-bond acceptors (Lipinski definition) is 1. The first-order chi connectivity index (χ1) is 1.00. The monoisotopic (exact) mass is 468 g/mol. The summed E-state index contributed by atoms with van der Waals surface area (Å²) in [6.07, 6.45) is 0. The van der Waals surface area contributed by atoms with E-state index in [1.807, 2.05) is 0 Å². The van der Waals surface area contributed by atoms with Crippen LogP contribution in [0.5, 0.6) is 0 Å². The molecule has 0 saturated carbocycles. The molecule has 0 fully saturated rings. The van der Waals surface area contributed by atoms with Crippen molar-refractivity contribution in [1.82, 2.24) is 0 Å². The van der Waals surface area contributed by atoms with Crippen LogP contribution in [0.3, 0.4) is 0 Å². The molecule has 0 aliphatic carbocycles. The summed E-state index contributed by atoms with van der Waals surface area (Å²) in [4.78, 5) is 0. The standard InChI is InChI=1S/Bi.O.Sm.Zr.H. The number of rotatable bonds is 0. The van der Waals surface area contributed by atoms with Crippen LogP contribution in [-0.2, 0) is 29.0 Å². The zero-order valence-electron chi connectivity index (χ0n) is 1.82. The van der Waals surface area contributed by atoms with Gasteiger partial charge in [0.1, 0.15) is 0 Å². The molecule has 0 aliphatic rings. The molecule has 0 rings (SSSR count). The average molecular weight is 468 g/mol. The van der Waals surface area contributed by atoms with Gasteiger partial charge >= 0.3 is 27.5 Å². The Labute approximate surface area is 91.8 Å². The van der Waals surface area contributed by atoms with Crippen LogP contribution in [0.1, 0.15) is 0 Å². The summed E-state index contributed by atoms with van der Waals surface area (Å²) in [5, 5.41) is 0. The van der Waals surface area contributed by atoms with Gasteiger partial charge in [-0.2, -0.15) is 0 Å². The third-order valence-corrected chi connectivity index (χ3v) is 0. The van der Waals surface area contributed by atoms with Crippen molar-refractivity contribution in [2.24, 2.45) is 0 Å². The van der Waals surface area contributed by atoms with E-state index < -0.39 is 0 Å². The fourth-order valence-electron chi connectivity index (χ4n) is 0. The van der Waals surface area contributed by atoms with E-state index in [4.69, 9.17) is 2.81 Å². The predicted octanol–water partition coefficient (Wildman–Crippen LogP) is -0.770. The minimum atomic E-state index is 0. The van der Waals surface area contributed by atoms with E-state index in [-0.39, 0.29) is 91.3 Å². The van der Waals surface area contributed by atoms with Gasteiger partial charge in [0.15, 0.2) is 0 Å². The van der Waals surface area contributed by atoms with E-state index in [2.05, 4.69) is 0 Å². The smallest absolute Gasteiger partial charge is 0 e. The zero-order chi connectivity index (χ0) is 2.00. The first kappa shape index (κ1) is 15.8. The van der Waals surface area contributed by atoms with Gasteiger partial charge in [0.2, 0.25) is 0 Å². The summed E-state index contributed by atoms with van der Waals surface area (Å²) in [5.41, 5.74) is 0. The summed E-state index contributed by atoms with van der Waals surface area (Å²) in [7, 11) is 0. The average Bonchev–Trinajstić information content (AvgIpc) is 1.00. The maximum atomic E-state index is 8.39. The Bertz CT molecular complexity index is 8.00. The van der Waals surface area contributed by atoms with Crippen molar-refractivity contribution < 1.29 is 69.4 Å². The van der Waals surface area contributed by atoms with E-state index in [0.717, 1.165) is 0 Å². The molecule has 22 valence electrons. The molecule has 0 amide bonds. The zero-order valence-corrected chi connectivity index (χ0v) is 10.8. The van der Waals surface area contributed by atoms with Crippen molar-refractivity contribution in [3.63, 3.8) is 0 Å². The van der Waals surface area contributed by atoms with Crippen LogP contribution >= 0.6 is 0 Å². The van der Waals surface area contributed by atoms with E-state index >= 15 is 0 Å². The molecule has 0 spiro atoms. The minimum Gasteiger partial charge on any atom is 0 e. The molecule has 1 nitrogen and oxygen atoms in total. The molecule has 0 aromatic rings. The summed E-state index contributed by atoms with van der Waals surface area (Å²) in [6.45, 7) is 0. The van der Waals surface area contributed by atoms with Gasteiger partial charge in [0, 0.05) is 66.6 Å². The second-order valence-corrected chi connectivity index (χ2v) is 0. The molecule has 0 aromatic carbocycles. The van der Waals surface area contributed by atoms with Gasteiger partial charge in [0.05, 0.1) is 0 Å². The topological polar surface area (TPSA) is 17.1 Å². The molecular weight excluding hydrogens is 467 g/mol. The van der Waals surface area contributed by atoms with Gasteiger partial charge in [-0.3, -0.25) is 0 Å². The molecule has 0 aliphatic heterocycles. The molecular formula is HBiOSmZr. The molecule has 0 N–H and O–H groups in total. The van der Waals surface area contributed by atoms with E-state index in [9.17, 15) is 0 Å². The maximum absolute atomic E-state index is 8.39. The van der Waals surface area contributed by atoms with Crippen LogP contribution in [0.4, 0.5) is 0 Å². The quantitative estimate of drug-likeness (QED) is 0.428. The minimum absolute atomic E-state index is 0. The van der Waals surface area contributed by atoms with Crippen LogP contribution in [-0.4, -0.2) is 24.7 Å². The van der Waals surface area contributed by atoms with Gasteiger partial charge in [0.25, 0.3) is 0 Å². The molecule has 0 atom stereocenters. The Morgan fingerprint density at radius 3 is 1.25 bits per heavy atom. The van der Waals surface area contributed by atoms with Crippen molar-refractivity contribution in [2.45, 2.75) is 0 Å². The van der Waals surface area contributed by atoms with Crippen molar-refractivity contribution in [1.29, 1.82) is 0 Å². The fourth-order valence-corrected chi connectivity index (χ4v) is 0. The summed E-state index contributed by atoms with van der Waals surface area (Å²) >= 11 is 0.0556. The van der Waals surface area contributed by atoms with Crippen molar-refractivity contribution in [2.75, 3.05) is 0 Å². The molecule has 0 saturated heterocycles. The van der Waals surface area contributed by atoms with Crippen LogP contribution in [0.15, 0.2) is 0 Å². The summed E-state index contributed by atoms with van der Waals surface area (Å²) in [5.74, 6) is 0. The Morgan fingerprint density at radius 1 is 1.25 bits per heavy atom. The molecule has 0 radical (unpaired) electrons. The first-order valence-electron chi connectivity index (χ1n) is 0.204. The van der Waals surface area contributed by atoms with E-state index in [0.29, 0.717) is 0 Å². The van der Waals surface area contributed by atoms with E-state index in [1.165, 1.54) is 0 Å². The third kappa shape index (κ3) is 8.86. The van der Waals surface area contributed by atoms with Gasteiger partial charge in [-0.25, -0.2) is 0 Å². The fraction of sp³-hybridized carbons (Fsp3) is 0. The third-order valence-electron chi connectivity index (χ3n) is 0. The number of hydrogen-bond donors (Lipinski definition) is 0. The Balaban J connectivity index is -0.00000000500. The summed E-state index contributed by atoms with van der Waals surface area (Å²) < 4.78 is 8.39. The first-order valence-corrected chi connectivity index (χ1v) is 1.79. The van der Waals surface area contributed by atoms with Crippen LogP contribution in [0, 0.1) is 40.4 Å². The normalized spacial score (nSPS) is 1.00. The van der Waals surface area contributed by atoms with Gasteiger partial charge in [-0.1, -0.05) is 0 Å². The Morgan fingerprint density at radius 2 is 1.25 bits per heavy atom. The van der Waals surface area contributed by atoms with Crippen molar-refractivity contribution >= 4 is 24.7 Å². The van der Waals surface area contributed by atoms with Gasteiger partial charge in [-0.15, -0.1) is 0 Å². The molecule has 0 unspecified atom stereocenters. The molecule has 4 heavy (non-hydrogen) atoms. The van der Waals surface area contributed by atoms with Crippen molar-refractivity contribution in [3.05, 3.63) is 0 Å². The molecule has 0 heterocycles. The predicted molar refractivity (Wildman–Crippen MR) is 7.84 cm³/mol. The Hall–Kier alpha value is 2.90. The van der Waals surface area contributed by atoms with Gasteiger partial charge in [-0.05, 0) is 0 Å². The van der Waals surface area contributed by atoms with Crippen molar-refractivity contribution in [3.8, 4) is 0 Å². The molecule has 4 heteroatoms. The van der Waals surface area contributed by atoms with Gasteiger partial charge < -0.3 is 0 Å². The molecule has 0 aromatic heterocycles. The van der Waals surface area contributed by atoms with E-state index in [1.54, 1.807) is 0 Å². The van der Waals surface area contributed by atoms with Crippen LogP contribution in [0.2, 0.25) is 0 Å². The Kier molecular flexibility index (Phi) is 66.5. The van der Waals surface area contributed by atoms with Crippen LogP contribution < -0.4 is 0 Å². The van der Waals surface area contributed by atoms with Crippen LogP contribution in [0.25, 0.3) is 0 Å². The second kappa shape index (κ2) is 16.8. The second-order valence-electron chi connectivity index (χ2n) is 0.